The third-order valence-electron chi connectivity index (χ3n) is 6.37. The van der Waals surface area contributed by atoms with E-state index in [2.05, 4.69) is 15.1 Å². The SMILES string of the molecule is O=C(CN1C[C@H]2C[C@H](C1)[C@H]1CCCC(=O)N1C2)NCc1cccc(C(F)(F)F)c1. The van der Waals surface area contributed by atoms with E-state index in [4.69, 9.17) is 0 Å². The summed E-state index contributed by atoms with van der Waals surface area (Å²) in [5, 5.41) is 2.74. The fourth-order valence-electron chi connectivity index (χ4n) is 5.16. The predicted octanol–water partition coefficient (Wildman–Crippen LogP) is 2.65. The lowest BCUT2D eigenvalue weighted by Gasteiger charge is -2.52. The Morgan fingerprint density at radius 3 is 2.83 bits per heavy atom. The van der Waals surface area contributed by atoms with Crippen molar-refractivity contribution in [3.63, 3.8) is 0 Å². The van der Waals surface area contributed by atoms with Crippen LogP contribution in [0.15, 0.2) is 24.3 Å². The van der Waals surface area contributed by atoms with E-state index in [9.17, 15) is 22.8 Å². The Kier molecular flexibility index (Phi) is 5.55. The molecule has 2 bridgehead atoms. The Morgan fingerprint density at radius 2 is 2.03 bits per heavy atom. The average Bonchev–Trinajstić information content (AvgIpc) is 2.67. The quantitative estimate of drug-likeness (QED) is 0.832. The first-order valence-electron chi connectivity index (χ1n) is 10.2. The largest absolute Gasteiger partial charge is 0.416 e. The first kappa shape index (κ1) is 20.2. The van der Waals surface area contributed by atoms with Gasteiger partial charge >= 0.3 is 6.18 Å². The number of hydrogen-bond acceptors (Lipinski definition) is 3. The van der Waals surface area contributed by atoms with Gasteiger partial charge in [-0.3, -0.25) is 14.5 Å². The second kappa shape index (κ2) is 7.97. The van der Waals surface area contributed by atoms with Gasteiger partial charge in [-0.05, 0) is 48.8 Å². The monoisotopic (exact) mass is 409 g/mol. The molecule has 0 aromatic heterocycles. The van der Waals surface area contributed by atoms with Crippen molar-refractivity contribution in [2.45, 2.75) is 44.4 Å². The number of hydrogen-bond donors (Lipinski definition) is 1. The van der Waals surface area contributed by atoms with Crippen LogP contribution in [0.1, 0.15) is 36.8 Å². The second-order valence-electron chi connectivity index (χ2n) is 8.54. The predicted molar refractivity (Wildman–Crippen MR) is 101 cm³/mol. The van der Waals surface area contributed by atoms with Crippen molar-refractivity contribution in [2.24, 2.45) is 11.8 Å². The number of piperidine rings is 3. The third-order valence-corrected chi connectivity index (χ3v) is 6.37. The molecule has 29 heavy (non-hydrogen) atoms. The number of amides is 2. The van der Waals surface area contributed by atoms with Gasteiger partial charge < -0.3 is 10.2 Å². The number of likely N-dealkylation sites (tertiary alicyclic amines) is 1. The topological polar surface area (TPSA) is 52.7 Å². The van der Waals surface area contributed by atoms with Gasteiger partial charge in [-0.25, -0.2) is 0 Å². The zero-order valence-corrected chi connectivity index (χ0v) is 16.3. The minimum absolute atomic E-state index is 0.0777. The van der Waals surface area contributed by atoms with Crippen LogP contribution in [0.2, 0.25) is 0 Å². The molecule has 0 aliphatic carbocycles. The van der Waals surface area contributed by atoms with Crippen molar-refractivity contribution >= 4 is 11.8 Å². The number of carbonyl (C=O) groups is 2. The molecule has 3 aliphatic rings. The van der Waals surface area contributed by atoms with Gasteiger partial charge in [-0.1, -0.05) is 12.1 Å². The number of rotatable bonds is 4. The molecule has 3 saturated heterocycles. The summed E-state index contributed by atoms with van der Waals surface area (Å²) in [6.45, 7) is 2.68. The normalized spacial score (nSPS) is 27.5. The van der Waals surface area contributed by atoms with Crippen molar-refractivity contribution in [3.05, 3.63) is 35.4 Å². The molecule has 2 amide bonds. The number of fused-ring (bicyclic) bond motifs is 4. The van der Waals surface area contributed by atoms with Gasteiger partial charge in [0.15, 0.2) is 0 Å². The molecule has 3 fully saturated rings. The van der Waals surface area contributed by atoms with E-state index in [0.29, 0.717) is 29.9 Å². The zero-order valence-electron chi connectivity index (χ0n) is 16.3. The molecule has 4 rings (SSSR count). The van der Waals surface area contributed by atoms with Crippen molar-refractivity contribution in [1.82, 2.24) is 15.1 Å². The molecule has 1 aromatic carbocycles. The first-order chi connectivity index (χ1) is 13.8. The summed E-state index contributed by atoms with van der Waals surface area (Å²) >= 11 is 0. The van der Waals surface area contributed by atoms with Crippen LogP contribution < -0.4 is 5.32 Å². The fraction of sp³-hybridized carbons (Fsp3) is 0.619. The summed E-state index contributed by atoms with van der Waals surface area (Å²) in [5.74, 6) is 0.883. The Hall–Kier alpha value is -2.09. The van der Waals surface area contributed by atoms with Gasteiger partial charge in [-0.2, -0.15) is 13.2 Å². The number of benzene rings is 1. The molecular formula is C21H26F3N3O2. The van der Waals surface area contributed by atoms with E-state index < -0.39 is 11.7 Å². The van der Waals surface area contributed by atoms with E-state index in [1.807, 2.05) is 0 Å². The van der Waals surface area contributed by atoms with Gasteiger partial charge in [0.05, 0.1) is 12.1 Å². The Balaban J connectivity index is 1.30. The zero-order chi connectivity index (χ0) is 20.6. The number of halogens is 3. The number of alkyl halides is 3. The van der Waals surface area contributed by atoms with Gasteiger partial charge in [0.25, 0.3) is 0 Å². The van der Waals surface area contributed by atoms with Gasteiger partial charge in [0, 0.05) is 38.6 Å². The van der Waals surface area contributed by atoms with Gasteiger partial charge in [0.1, 0.15) is 0 Å². The summed E-state index contributed by atoms with van der Waals surface area (Å²) in [7, 11) is 0. The van der Waals surface area contributed by atoms with Crippen LogP contribution in [0.4, 0.5) is 13.2 Å². The van der Waals surface area contributed by atoms with Crippen LogP contribution in [-0.2, 0) is 22.3 Å². The Labute approximate surface area is 168 Å². The van der Waals surface area contributed by atoms with Crippen molar-refractivity contribution in [3.8, 4) is 0 Å². The lowest BCUT2D eigenvalue weighted by molar-refractivity contribution is -0.145. The maximum Gasteiger partial charge on any atom is 0.416 e. The molecule has 1 aromatic rings. The highest BCUT2D eigenvalue weighted by atomic mass is 19.4. The van der Waals surface area contributed by atoms with E-state index in [-0.39, 0.29) is 24.9 Å². The Bertz CT molecular complexity index is 783. The molecular weight excluding hydrogens is 383 g/mol. The van der Waals surface area contributed by atoms with Crippen LogP contribution in [-0.4, -0.2) is 53.8 Å². The van der Waals surface area contributed by atoms with Crippen LogP contribution in [0, 0.1) is 11.8 Å². The van der Waals surface area contributed by atoms with Crippen molar-refractivity contribution in [1.29, 1.82) is 0 Å². The fourth-order valence-corrected chi connectivity index (χ4v) is 5.16. The maximum atomic E-state index is 12.8. The number of nitrogens with zero attached hydrogens (tertiary/aromatic N) is 2. The molecule has 8 heteroatoms. The summed E-state index contributed by atoms with van der Waals surface area (Å²) in [6, 6.07) is 5.32. The second-order valence-corrected chi connectivity index (χ2v) is 8.54. The third kappa shape index (κ3) is 4.57. The molecule has 0 spiro atoms. The molecule has 3 atom stereocenters. The van der Waals surface area contributed by atoms with Gasteiger partial charge in [-0.15, -0.1) is 0 Å². The lowest BCUT2D eigenvalue weighted by Crippen LogP contribution is -2.61. The Morgan fingerprint density at radius 1 is 1.21 bits per heavy atom. The molecule has 0 radical (unpaired) electrons. The van der Waals surface area contributed by atoms with E-state index in [0.717, 1.165) is 51.0 Å². The van der Waals surface area contributed by atoms with Crippen molar-refractivity contribution < 1.29 is 22.8 Å². The molecule has 3 heterocycles. The summed E-state index contributed by atoms with van der Waals surface area (Å²) in [6.07, 6.45) is -0.647. The van der Waals surface area contributed by atoms with Crippen LogP contribution >= 0.6 is 0 Å². The highest BCUT2D eigenvalue weighted by Crippen LogP contribution is 2.37. The van der Waals surface area contributed by atoms with Gasteiger partial charge in [0.2, 0.25) is 11.8 Å². The molecule has 158 valence electrons. The molecule has 0 unspecified atom stereocenters. The molecule has 3 aliphatic heterocycles. The maximum absolute atomic E-state index is 12.8. The lowest BCUT2D eigenvalue weighted by atomic mass is 9.76. The minimum atomic E-state index is -4.39. The minimum Gasteiger partial charge on any atom is -0.351 e. The summed E-state index contributed by atoms with van der Waals surface area (Å²) in [5.41, 5.74) is -0.278. The van der Waals surface area contributed by atoms with E-state index >= 15 is 0 Å². The standard InChI is InChI=1S/C21H26F3N3O2/c22-21(23,24)17-4-1-3-14(8-17)9-25-19(28)13-26-10-15-7-16(12-26)18-5-2-6-20(29)27(18)11-15/h1,3-4,8,15-16,18H,2,5-7,9-13H2,(H,25,28)/t15-,16-,18-/m1/s1. The number of carbonyl (C=O) groups excluding carboxylic acids is 2. The smallest absolute Gasteiger partial charge is 0.351 e. The first-order valence-corrected chi connectivity index (χ1v) is 10.2. The highest BCUT2D eigenvalue weighted by molar-refractivity contribution is 5.78. The summed E-state index contributed by atoms with van der Waals surface area (Å²) in [4.78, 5) is 28.8. The molecule has 5 nitrogen and oxygen atoms in total. The van der Waals surface area contributed by atoms with Crippen LogP contribution in [0.3, 0.4) is 0 Å². The van der Waals surface area contributed by atoms with Crippen molar-refractivity contribution in [2.75, 3.05) is 26.2 Å². The molecule has 0 saturated carbocycles. The average molecular weight is 409 g/mol. The van der Waals surface area contributed by atoms with Crippen LogP contribution in [0.5, 0.6) is 0 Å². The summed E-state index contributed by atoms with van der Waals surface area (Å²) < 4.78 is 38.4. The van der Waals surface area contributed by atoms with E-state index in [1.165, 1.54) is 6.07 Å². The number of nitrogens with one attached hydrogen (secondary N) is 1. The van der Waals surface area contributed by atoms with E-state index in [1.54, 1.807) is 6.07 Å². The molecule has 1 N–H and O–H groups in total. The highest BCUT2D eigenvalue weighted by Gasteiger charge is 2.44. The van der Waals surface area contributed by atoms with Crippen LogP contribution in [0.25, 0.3) is 0 Å².